The highest BCUT2D eigenvalue weighted by atomic mass is 16.5. The normalized spacial score (nSPS) is 12.0. The van der Waals surface area contributed by atoms with Crippen molar-refractivity contribution in [1.82, 2.24) is 10.6 Å². The molecule has 0 saturated carbocycles. The Labute approximate surface area is 147 Å². The van der Waals surface area contributed by atoms with Crippen molar-refractivity contribution in [3.8, 4) is 5.75 Å². The van der Waals surface area contributed by atoms with E-state index in [1.807, 2.05) is 38.1 Å². The summed E-state index contributed by atoms with van der Waals surface area (Å²) >= 11 is 0. The Balaban J connectivity index is 2.26. The SMILES string of the molecule is CC(O)CNC(=O)c1cc2ccccc2cc1OCC(=O)NC(C)C. The van der Waals surface area contributed by atoms with Gasteiger partial charge in [-0.3, -0.25) is 9.59 Å². The van der Waals surface area contributed by atoms with Gasteiger partial charge in [-0.15, -0.1) is 0 Å². The number of amides is 2. The summed E-state index contributed by atoms with van der Waals surface area (Å²) in [6, 6.07) is 11.1. The average molecular weight is 344 g/mol. The summed E-state index contributed by atoms with van der Waals surface area (Å²) < 4.78 is 5.60. The van der Waals surface area contributed by atoms with Crippen LogP contribution in [0.2, 0.25) is 0 Å². The first-order chi connectivity index (χ1) is 11.9. The minimum atomic E-state index is -0.648. The van der Waals surface area contributed by atoms with Crippen LogP contribution in [0.4, 0.5) is 0 Å². The van der Waals surface area contributed by atoms with Crippen molar-refractivity contribution in [2.24, 2.45) is 0 Å². The molecule has 0 aliphatic rings. The minimum Gasteiger partial charge on any atom is -0.483 e. The van der Waals surface area contributed by atoms with Crippen molar-refractivity contribution in [1.29, 1.82) is 0 Å². The molecule has 2 amide bonds. The predicted molar refractivity (Wildman–Crippen MR) is 96.7 cm³/mol. The number of hydrogen-bond acceptors (Lipinski definition) is 4. The maximum absolute atomic E-state index is 12.4. The first kappa shape index (κ1) is 18.7. The third-order valence-corrected chi connectivity index (χ3v) is 3.46. The van der Waals surface area contributed by atoms with Crippen molar-refractivity contribution in [2.45, 2.75) is 32.9 Å². The number of nitrogens with one attached hydrogen (secondary N) is 2. The highest BCUT2D eigenvalue weighted by Crippen LogP contribution is 2.26. The molecule has 0 fully saturated rings. The molecule has 3 N–H and O–H groups in total. The van der Waals surface area contributed by atoms with Crippen LogP contribution in [0.15, 0.2) is 36.4 Å². The highest BCUT2D eigenvalue weighted by Gasteiger charge is 2.16. The lowest BCUT2D eigenvalue weighted by Gasteiger charge is -2.14. The quantitative estimate of drug-likeness (QED) is 0.715. The molecule has 2 aromatic carbocycles. The summed E-state index contributed by atoms with van der Waals surface area (Å²) in [5, 5.41) is 16.5. The largest absolute Gasteiger partial charge is 0.483 e. The zero-order valence-electron chi connectivity index (χ0n) is 14.7. The van der Waals surface area contributed by atoms with Crippen molar-refractivity contribution in [3.63, 3.8) is 0 Å². The molecule has 6 heteroatoms. The van der Waals surface area contributed by atoms with Gasteiger partial charge in [0.1, 0.15) is 5.75 Å². The van der Waals surface area contributed by atoms with Crippen LogP contribution in [0.5, 0.6) is 5.75 Å². The fourth-order valence-electron chi connectivity index (χ4n) is 2.36. The minimum absolute atomic E-state index is 0.0153. The summed E-state index contributed by atoms with van der Waals surface area (Å²) in [4.78, 5) is 24.3. The molecule has 134 valence electrons. The molecule has 0 heterocycles. The average Bonchev–Trinajstić information content (AvgIpc) is 2.56. The Kier molecular flexibility index (Phi) is 6.36. The van der Waals surface area contributed by atoms with Crippen LogP contribution in [0.1, 0.15) is 31.1 Å². The van der Waals surface area contributed by atoms with E-state index in [0.29, 0.717) is 11.3 Å². The third kappa shape index (κ3) is 5.46. The third-order valence-electron chi connectivity index (χ3n) is 3.46. The van der Waals surface area contributed by atoms with Crippen LogP contribution in [-0.2, 0) is 4.79 Å². The van der Waals surface area contributed by atoms with E-state index < -0.39 is 6.10 Å². The molecular formula is C19H24N2O4. The summed E-state index contributed by atoms with van der Waals surface area (Å²) in [5.41, 5.74) is 0.330. The van der Waals surface area contributed by atoms with Crippen LogP contribution < -0.4 is 15.4 Å². The number of rotatable bonds is 7. The van der Waals surface area contributed by atoms with Gasteiger partial charge in [0.15, 0.2) is 6.61 Å². The molecule has 0 aliphatic heterocycles. The molecule has 2 aromatic rings. The van der Waals surface area contributed by atoms with Crippen molar-refractivity contribution in [3.05, 3.63) is 42.0 Å². The molecule has 0 radical (unpaired) electrons. The Morgan fingerprint density at radius 2 is 1.76 bits per heavy atom. The van der Waals surface area contributed by atoms with Gasteiger partial charge in [0.25, 0.3) is 11.8 Å². The number of aliphatic hydroxyl groups is 1. The van der Waals surface area contributed by atoms with E-state index in [1.165, 1.54) is 0 Å². The van der Waals surface area contributed by atoms with Gasteiger partial charge in [0, 0.05) is 12.6 Å². The lowest BCUT2D eigenvalue weighted by atomic mass is 10.1. The summed E-state index contributed by atoms with van der Waals surface area (Å²) in [5.74, 6) is -0.273. The molecule has 0 aliphatic carbocycles. The summed E-state index contributed by atoms with van der Waals surface area (Å²) in [7, 11) is 0. The monoisotopic (exact) mass is 344 g/mol. The molecule has 0 bridgehead atoms. The molecule has 25 heavy (non-hydrogen) atoms. The molecule has 2 rings (SSSR count). The molecule has 6 nitrogen and oxygen atoms in total. The Hall–Kier alpha value is -2.60. The van der Waals surface area contributed by atoms with E-state index in [2.05, 4.69) is 10.6 Å². The fourth-order valence-corrected chi connectivity index (χ4v) is 2.36. The van der Waals surface area contributed by atoms with E-state index in [0.717, 1.165) is 10.8 Å². The summed E-state index contributed by atoms with van der Waals surface area (Å²) in [6.07, 6.45) is -0.648. The first-order valence-electron chi connectivity index (χ1n) is 8.28. The molecule has 1 unspecified atom stereocenters. The lowest BCUT2D eigenvalue weighted by Crippen LogP contribution is -2.34. The van der Waals surface area contributed by atoms with Gasteiger partial charge in [0.05, 0.1) is 11.7 Å². The van der Waals surface area contributed by atoms with Crippen LogP contribution in [0.3, 0.4) is 0 Å². The van der Waals surface area contributed by atoms with E-state index in [-0.39, 0.29) is 31.0 Å². The Bertz CT molecular complexity index is 756. The maximum atomic E-state index is 12.4. The van der Waals surface area contributed by atoms with Gasteiger partial charge in [0.2, 0.25) is 0 Å². The number of ether oxygens (including phenoxy) is 1. The van der Waals surface area contributed by atoms with Gasteiger partial charge in [-0.25, -0.2) is 0 Å². The second-order valence-corrected chi connectivity index (χ2v) is 6.27. The number of benzene rings is 2. The molecule has 1 atom stereocenters. The number of aliphatic hydroxyl groups excluding tert-OH is 1. The standard InChI is InChI=1S/C19H24N2O4/c1-12(2)21-18(23)11-25-17-9-15-7-5-4-6-14(15)8-16(17)19(24)20-10-13(3)22/h4-9,12-13,22H,10-11H2,1-3H3,(H,20,24)(H,21,23). The predicted octanol–water partition coefficient (Wildman–Crippen LogP) is 1.85. The topological polar surface area (TPSA) is 87.7 Å². The molecular weight excluding hydrogens is 320 g/mol. The zero-order valence-corrected chi connectivity index (χ0v) is 14.7. The van der Waals surface area contributed by atoms with Crippen LogP contribution in [0.25, 0.3) is 10.8 Å². The van der Waals surface area contributed by atoms with E-state index in [4.69, 9.17) is 4.74 Å². The van der Waals surface area contributed by atoms with Gasteiger partial charge in [-0.2, -0.15) is 0 Å². The van der Waals surface area contributed by atoms with Gasteiger partial charge in [-0.1, -0.05) is 24.3 Å². The number of fused-ring (bicyclic) bond motifs is 1. The highest BCUT2D eigenvalue weighted by molar-refractivity contribution is 6.01. The van der Waals surface area contributed by atoms with Crippen LogP contribution >= 0.6 is 0 Å². The smallest absolute Gasteiger partial charge is 0.258 e. The van der Waals surface area contributed by atoms with Gasteiger partial charge in [-0.05, 0) is 43.7 Å². The second kappa shape index (κ2) is 8.48. The maximum Gasteiger partial charge on any atom is 0.258 e. The van der Waals surface area contributed by atoms with Crippen molar-refractivity contribution in [2.75, 3.05) is 13.2 Å². The van der Waals surface area contributed by atoms with Crippen molar-refractivity contribution < 1.29 is 19.4 Å². The number of carbonyl (C=O) groups is 2. The Morgan fingerprint density at radius 3 is 2.36 bits per heavy atom. The van der Waals surface area contributed by atoms with Crippen molar-refractivity contribution >= 4 is 22.6 Å². The first-order valence-corrected chi connectivity index (χ1v) is 8.28. The lowest BCUT2D eigenvalue weighted by molar-refractivity contribution is -0.123. The summed E-state index contributed by atoms with van der Waals surface area (Å²) in [6.45, 7) is 5.28. The van der Waals surface area contributed by atoms with E-state index >= 15 is 0 Å². The second-order valence-electron chi connectivity index (χ2n) is 6.27. The van der Waals surface area contributed by atoms with E-state index in [1.54, 1.807) is 19.1 Å². The molecule has 0 saturated heterocycles. The molecule has 0 spiro atoms. The zero-order chi connectivity index (χ0) is 18.4. The Morgan fingerprint density at radius 1 is 1.12 bits per heavy atom. The van der Waals surface area contributed by atoms with Gasteiger partial charge >= 0.3 is 0 Å². The fraction of sp³-hybridized carbons (Fsp3) is 0.368. The van der Waals surface area contributed by atoms with Crippen LogP contribution in [0, 0.1) is 0 Å². The number of hydrogen-bond donors (Lipinski definition) is 3. The van der Waals surface area contributed by atoms with Gasteiger partial charge < -0.3 is 20.5 Å². The van der Waals surface area contributed by atoms with E-state index in [9.17, 15) is 14.7 Å². The van der Waals surface area contributed by atoms with Crippen LogP contribution in [-0.4, -0.2) is 42.2 Å². The number of carbonyl (C=O) groups excluding carboxylic acids is 2. The molecule has 0 aromatic heterocycles.